The normalized spacial score (nSPS) is 20.4. The van der Waals surface area contributed by atoms with Crippen molar-refractivity contribution in [3.63, 3.8) is 0 Å². The van der Waals surface area contributed by atoms with Gasteiger partial charge in [0.2, 0.25) is 5.95 Å². The number of thiophene rings is 1. The second-order valence-electron chi connectivity index (χ2n) is 8.40. The number of alkyl halides is 3. The number of aromatic nitrogens is 2. The molecule has 2 atom stereocenters. The Bertz CT molecular complexity index is 1220. The van der Waals surface area contributed by atoms with E-state index in [1.54, 1.807) is 25.1 Å². The molecule has 3 aromatic rings. The second-order valence-corrected chi connectivity index (χ2v) is 9.30. The Morgan fingerprint density at radius 1 is 1.25 bits per heavy atom. The summed E-state index contributed by atoms with van der Waals surface area (Å²) in [7, 11) is 3.00. The molecule has 12 heteroatoms. The van der Waals surface area contributed by atoms with Crippen LogP contribution in [0.5, 0.6) is 11.5 Å². The third-order valence-corrected chi connectivity index (χ3v) is 7.09. The van der Waals surface area contributed by atoms with E-state index in [-0.39, 0.29) is 32.1 Å². The van der Waals surface area contributed by atoms with Gasteiger partial charge < -0.3 is 19.1 Å². The van der Waals surface area contributed by atoms with Crippen LogP contribution in [0.1, 0.15) is 25.3 Å². The van der Waals surface area contributed by atoms with Gasteiger partial charge in [-0.2, -0.15) is 13.2 Å². The minimum Gasteiger partial charge on any atom is -0.493 e. The van der Waals surface area contributed by atoms with Crippen LogP contribution >= 0.6 is 11.3 Å². The molecule has 1 fully saturated rings. The van der Waals surface area contributed by atoms with Crippen molar-refractivity contribution in [1.82, 2.24) is 15.3 Å². The summed E-state index contributed by atoms with van der Waals surface area (Å²) in [6, 6.07) is 5.00. The average molecular weight is 525 g/mol. The van der Waals surface area contributed by atoms with Crippen LogP contribution in [0.4, 0.5) is 19.1 Å². The first-order valence-electron chi connectivity index (χ1n) is 11.4. The molecule has 0 aliphatic carbocycles. The smallest absolute Gasteiger partial charge is 0.408 e. The number of methoxy groups -OCH3 is 2. The van der Waals surface area contributed by atoms with Crippen molar-refractivity contribution >= 4 is 33.5 Å². The van der Waals surface area contributed by atoms with Crippen LogP contribution < -0.4 is 19.7 Å². The summed E-state index contributed by atoms with van der Waals surface area (Å²) in [6.45, 7) is 1.72. The molecule has 1 aromatic carbocycles. The average Bonchev–Trinajstić information content (AvgIpc) is 3.34. The molecule has 4 rings (SSSR count). The fourth-order valence-electron chi connectivity index (χ4n) is 4.38. The highest BCUT2D eigenvalue weighted by Crippen LogP contribution is 2.39. The second kappa shape index (κ2) is 10.5. The van der Waals surface area contributed by atoms with Crippen LogP contribution in [0.25, 0.3) is 10.2 Å². The minimum absolute atomic E-state index is 0.00961. The maximum Gasteiger partial charge on any atom is 0.408 e. The van der Waals surface area contributed by atoms with Crippen molar-refractivity contribution < 1.29 is 32.2 Å². The maximum absolute atomic E-state index is 14.4. The molecule has 0 radical (unpaired) electrons. The lowest BCUT2D eigenvalue weighted by Gasteiger charge is -2.45. The molecule has 3 heterocycles. The molecule has 8 nitrogen and oxygen atoms in total. The van der Waals surface area contributed by atoms with Crippen molar-refractivity contribution in [3.8, 4) is 11.5 Å². The molecule has 0 bridgehead atoms. The van der Waals surface area contributed by atoms with Gasteiger partial charge in [-0.1, -0.05) is 6.07 Å². The number of hydrogen-bond donors (Lipinski definition) is 1. The minimum atomic E-state index is -4.63. The van der Waals surface area contributed by atoms with Crippen LogP contribution in [0, 0.1) is 0 Å². The van der Waals surface area contributed by atoms with E-state index >= 15 is 0 Å². The number of anilines is 1. The number of ether oxygens (including phenoxy) is 3. The lowest BCUT2D eigenvalue weighted by atomic mass is 9.82. The number of hydrogen-bond acceptors (Lipinski definition) is 9. The van der Waals surface area contributed by atoms with Gasteiger partial charge in [-0.05, 0) is 42.5 Å². The number of carbonyl (C=O) groups excluding carboxylic acids is 1. The first kappa shape index (κ1) is 26.0. The topological polar surface area (TPSA) is 85.8 Å². The molecular formula is C24H27F3N4O4S. The summed E-state index contributed by atoms with van der Waals surface area (Å²) >= 11 is 1.33. The van der Waals surface area contributed by atoms with Crippen LogP contribution in [0.3, 0.4) is 0 Å². The molecule has 194 valence electrons. The van der Waals surface area contributed by atoms with Gasteiger partial charge in [0.15, 0.2) is 11.5 Å². The fraction of sp³-hybridized carbons (Fsp3) is 0.458. The number of esters is 1. The van der Waals surface area contributed by atoms with Crippen molar-refractivity contribution in [1.29, 1.82) is 0 Å². The van der Waals surface area contributed by atoms with E-state index in [4.69, 9.17) is 14.2 Å². The van der Waals surface area contributed by atoms with Crippen molar-refractivity contribution in [2.24, 2.45) is 0 Å². The molecule has 0 saturated carbocycles. The Balaban J connectivity index is 1.63. The van der Waals surface area contributed by atoms with Gasteiger partial charge in [0.05, 0.1) is 20.8 Å². The summed E-state index contributed by atoms with van der Waals surface area (Å²) in [4.78, 5) is 23.4. The molecular weight excluding hydrogens is 497 g/mol. The van der Waals surface area contributed by atoms with E-state index in [1.165, 1.54) is 31.8 Å². The number of nitrogens with zero attached hydrogens (tertiary/aromatic N) is 3. The number of benzene rings is 1. The Kier molecular flexibility index (Phi) is 7.55. The monoisotopic (exact) mass is 524 g/mol. The molecule has 1 saturated heterocycles. The lowest BCUT2D eigenvalue weighted by Crippen LogP contribution is -2.65. The third-order valence-electron chi connectivity index (χ3n) is 6.27. The Morgan fingerprint density at radius 2 is 2.03 bits per heavy atom. The summed E-state index contributed by atoms with van der Waals surface area (Å²) in [5.41, 5.74) is -0.832. The van der Waals surface area contributed by atoms with Gasteiger partial charge in [-0.15, -0.1) is 11.3 Å². The van der Waals surface area contributed by atoms with E-state index in [1.807, 2.05) is 11.4 Å². The molecule has 36 heavy (non-hydrogen) atoms. The van der Waals surface area contributed by atoms with Crippen molar-refractivity contribution in [2.75, 3.05) is 32.3 Å². The molecule has 1 aliphatic heterocycles. The Hall–Kier alpha value is -3.12. The van der Waals surface area contributed by atoms with Crippen LogP contribution in [-0.2, 0) is 16.1 Å². The largest absolute Gasteiger partial charge is 0.493 e. The molecule has 0 amide bonds. The standard InChI is InChI=1S/C24H27F3N4O4S/c1-4-35-21(32)23(29-13-15-5-6-17(33-2)18(11-15)34-3)8-9-31(19(12-23)24(25,26)27)22-28-14-16-7-10-36-20(16)30-22/h5-7,10-11,14,19,29H,4,8-9,12-13H2,1-3H3. The zero-order chi connectivity index (χ0) is 25.9. The molecule has 2 unspecified atom stereocenters. The van der Waals surface area contributed by atoms with Crippen LogP contribution in [-0.4, -0.2) is 61.1 Å². The highest BCUT2D eigenvalue weighted by atomic mass is 32.1. The SMILES string of the molecule is CCOC(=O)C1(NCc2ccc(OC)c(OC)c2)CCN(c2ncc3ccsc3n2)C(C(F)(F)F)C1. The van der Waals surface area contributed by atoms with E-state index in [9.17, 15) is 18.0 Å². The van der Waals surface area contributed by atoms with Crippen LogP contribution in [0.15, 0.2) is 35.8 Å². The van der Waals surface area contributed by atoms with E-state index in [0.717, 1.165) is 10.3 Å². The van der Waals surface area contributed by atoms with Gasteiger partial charge >= 0.3 is 12.1 Å². The summed E-state index contributed by atoms with van der Waals surface area (Å²) in [5, 5.41) is 5.66. The lowest BCUT2D eigenvalue weighted by molar-refractivity contribution is -0.169. The zero-order valence-electron chi connectivity index (χ0n) is 20.1. The predicted octanol–water partition coefficient (Wildman–Crippen LogP) is 4.33. The molecule has 2 aromatic heterocycles. The van der Waals surface area contributed by atoms with Crippen LogP contribution in [0.2, 0.25) is 0 Å². The van der Waals surface area contributed by atoms with Gasteiger partial charge in [0.25, 0.3) is 0 Å². The van der Waals surface area contributed by atoms with E-state index in [2.05, 4.69) is 15.3 Å². The summed E-state index contributed by atoms with van der Waals surface area (Å²) in [6.07, 6.45) is -3.58. The fourth-order valence-corrected chi connectivity index (χ4v) is 5.11. The van der Waals surface area contributed by atoms with Gasteiger partial charge in [0.1, 0.15) is 16.4 Å². The first-order chi connectivity index (χ1) is 17.2. The van der Waals surface area contributed by atoms with Crippen molar-refractivity contribution in [2.45, 2.75) is 44.1 Å². The maximum atomic E-state index is 14.4. The number of fused-ring (bicyclic) bond motifs is 1. The Morgan fingerprint density at radius 3 is 2.72 bits per heavy atom. The third kappa shape index (κ3) is 5.19. The number of rotatable bonds is 8. The zero-order valence-corrected chi connectivity index (χ0v) is 20.9. The van der Waals surface area contributed by atoms with Gasteiger partial charge in [-0.3, -0.25) is 10.1 Å². The quantitative estimate of drug-likeness (QED) is 0.436. The number of carbonyl (C=O) groups is 1. The highest BCUT2D eigenvalue weighted by molar-refractivity contribution is 7.16. The molecule has 0 spiro atoms. The summed E-state index contributed by atoms with van der Waals surface area (Å²) < 4.78 is 58.9. The Labute approximate surface area is 210 Å². The number of nitrogens with one attached hydrogen (secondary N) is 1. The highest BCUT2D eigenvalue weighted by Gasteiger charge is 2.55. The number of halogens is 3. The van der Waals surface area contributed by atoms with E-state index in [0.29, 0.717) is 21.9 Å². The molecule has 1 aliphatic rings. The summed E-state index contributed by atoms with van der Waals surface area (Å²) in [5.74, 6) is 0.277. The first-order valence-corrected chi connectivity index (χ1v) is 12.3. The van der Waals surface area contributed by atoms with Gasteiger partial charge in [0, 0.05) is 31.1 Å². The van der Waals surface area contributed by atoms with E-state index < -0.39 is 30.1 Å². The molecule has 1 N–H and O–H groups in total. The number of piperidine rings is 1. The van der Waals surface area contributed by atoms with Crippen molar-refractivity contribution in [3.05, 3.63) is 41.4 Å². The predicted molar refractivity (Wildman–Crippen MR) is 130 cm³/mol. The van der Waals surface area contributed by atoms with Gasteiger partial charge in [-0.25, -0.2) is 9.97 Å².